The van der Waals surface area contributed by atoms with E-state index in [2.05, 4.69) is 0 Å². The Morgan fingerprint density at radius 2 is 1.67 bits per heavy atom. The Hall–Kier alpha value is 0.180. The molecule has 1 aliphatic rings. The Labute approximate surface area is 92.3 Å². The minimum Gasteiger partial charge on any atom is -0.365 e. The van der Waals surface area contributed by atoms with Gasteiger partial charge in [-0.05, 0) is 24.3 Å². The van der Waals surface area contributed by atoms with Crippen LogP contribution in [-0.2, 0) is 0 Å². The van der Waals surface area contributed by atoms with Gasteiger partial charge in [-0.1, -0.05) is 34.9 Å². The molecule has 0 aromatic heterocycles. The summed E-state index contributed by atoms with van der Waals surface area (Å²) in [5.41, 5.74) is 2.31. The molecule has 4 nitrogen and oxygen atoms in total. The van der Waals surface area contributed by atoms with Gasteiger partial charge in [-0.25, -0.2) is 0 Å². The van der Waals surface area contributed by atoms with Crippen LogP contribution in [0.3, 0.4) is 0 Å². The third-order valence-corrected chi connectivity index (χ3v) is 4.06. The van der Waals surface area contributed by atoms with Crippen molar-refractivity contribution < 1.29 is 20.4 Å². The molecule has 0 aromatic carbocycles. The fourth-order valence-electron chi connectivity index (χ4n) is 1.38. The van der Waals surface area contributed by atoms with Crippen LogP contribution in [0.2, 0.25) is 0 Å². The molecule has 4 N–H and O–H groups in total. The van der Waals surface area contributed by atoms with E-state index in [-0.39, 0.29) is 17.2 Å². The highest BCUT2D eigenvalue weighted by molar-refractivity contribution is 7.39. The summed E-state index contributed by atoms with van der Waals surface area (Å²) in [6.45, 7) is 0. The van der Waals surface area contributed by atoms with Crippen LogP contribution in [0.25, 0.3) is 0 Å². The molecule has 0 saturated carbocycles. The number of aliphatic hydroxyl groups is 4. The molecular formula is C9H16O4P2. The normalized spacial score (nSPS) is 17.7. The molecule has 15 heavy (non-hydrogen) atoms. The minimum absolute atomic E-state index is 0.0876. The van der Waals surface area contributed by atoms with Crippen LogP contribution in [0.4, 0.5) is 0 Å². The summed E-state index contributed by atoms with van der Waals surface area (Å²) >= 11 is 0. The summed E-state index contributed by atoms with van der Waals surface area (Å²) < 4.78 is 0. The van der Waals surface area contributed by atoms with Gasteiger partial charge in [-0.2, -0.15) is 0 Å². The second-order valence-corrected chi connectivity index (χ2v) is 5.80. The molecule has 0 radical (unpaired) electrons. The van der Waals surface area contributed by atoms with E-state index in [0.717, 1.165) is 12.0 Å². The van der Waals surface area contributed by atoms with Crippen molar-refractivity contribution in [3.05, 3.63) is 23.3 Å². The predicted octanol–water partition coefficient (Wildman–Crippen LogP) is 0.136. The van der Waals surface area contributed by atoms with E-state index in [0.29, 0.717) is 12.3 Å². The minimum atomic E-state index is -1.24. The van der Waals surface area contributed by atoms with Crippen molar-refractivity contribution in [1.29, 1.82) is 0 Å². The fourth-order valence-corrected chi connectivity index (χ4v) is 2.95. The maximum absolute atomic E-state index is 8.76. The predicted molar refractivity (Wildman–Crippen MR) is 63.6 cm³/mol. The van der Waals surface area contributed by atoms with Gasteiger partial charge in [0.1, 0.15) is 0 Å². The molecule has 86 valence electrons. The maximum Gasteiger partial charge on any atom is 0.167 e. The van der Waals surface area contributed by atoms with E-state index in [1.165, 1.54) is 5.57 Å². The lowest BCUT2D eigenvalue weighted by Crippen LogP contribution is -2.00. The molecule has 2 atom stereocenters. The fraction of sp³-hybridized carbons (Fsp3) is 0.556. The summed E-state index contributed by atoms with van der Waals surface area (Å²) in [6, 6.07) is -2.47. The molecule has 0 saturated heterocycles. The first-order chi connectivity index (χ1) is 7.09. The molecule has 1 rings (SSSR count). The van der Waals surface area contributed by atoms with Gasteiger partial charge >= 0.3 is 0 Å². The number of aliphatic hydroxyl groups excluding tert-OH is 2. The quantitative estimate of drug-likeness (QED) is 0.399. The van der Waals surface area contributed by atoms with Crippen LogP contribution in [0, 0.1) is 0 Å². The van der Waals surface area contributed by atoms with Crippen molar-refractivity contribution in [2.45, 2.75) is 18.5 Å². The van der Waals surface area contributed by atoms with Gasteiger partial charge in [0.25, 0.3) is 0 Å². The third-order valence-electron chi connectivity index (χ3n) is 2.11. The van der Waals surface area contributed by atoms with E-state index in [4.69, 9.17) is 20.4 Å². The maximum atomic E-state index is 8.76. The van der Waals surface area contributed by atoms with Crippen LogP contribution in [0.5, 0.6) is 0 Å². The summed E-state index contributed by atoms with van der Waals surface area (Å²) in [7, 11) is 0.186. The average Bonchev–Trinajstić information content (AvgIpc) is 2.58. The zero-order valence-electron chi connectivity index (χ0n) is 8.22. The molecule has 0 bridgehead atoms. The number of hydrogen-bond acceptors (Lipinski definition) is 4. The van der Waals surface area contributed by atoms with Crippen LogP contribution < -0.4 is 0 Å². The van der Waals surface area contributed by atoms with Gasteiger partial charge in [0.2, 0.25) is 0 Å². The lowest BCUT2D eigenvalue weighted by molar-refractivity contribution is 0.0366. The van der Waals surface area contributed by atoms with Gasteiger partial charge in [0, 0.05) is 0 Å². The molecule has 0 amide bonds. The number of rotatable bonds is 6. The summed E-state index contributed by atoms with van der Waals surface area (Å²) in [4.78, 5) is 0. The van der Waals surface area contributed by atoms with Crippen molar-refractivity contribution >= 4 is 17.2 Å². The molecule has 0 spiro atoms. The summed E-state index contributed by atoms with van der Waals surface area (Å²) in [5, 5.41) is 35.0. The largest absolute Gasteiger partial charge is 0.365 e. The van der Waals surface area contributed by atoms with Crippen molar-refractivity contribution in [1.82, 2.24) is 0 Å². The lowest BCUT2D eigenvalue weighted by atomic mass is 10.2. The summed E-state index contributed by atoms with van der Waals surface area (Å²) in [5.74, 6) is 0. The first kappa shape index (κ1) is 13.2. The van der Waals surface area contributed by atoms with Crippen LogP contribution in [0.1, 0.15) is 6.42 Å². The Kier molecular flexibility index (Phi) is 5.91. The average molecular weight is 250 g/mol. The van der Waals surface area contributed by atoms with Gasteiger partial charge < -0.3 is 20.4 Å². The van der Waals surface area contributed by atoms with Gasteiger partial charge in [0.15, 0.2) is 12.1 Å². The van der Waals surface area contributed by atoms with E-state index >= 15 is 0 Å². The number of allylic oxidation sites excluding steroid dienone is 4. The molecule has 1 aliphatic carbocycles. The van der Waals surface area contributed by atoms with Gasteiger partial charge in [0.05, 0.1) is 0 Å². The second kappa shape index (κ2) is 6.70. The van der Waals surface area contributed by atoms with Crippen molar-refractivity contribution in [3.63, 3.8) is 0 Å². The van der Waals surface area contributed by atoms with Crippen molar-refractivity contribution in [2.24, 2.45) is 0 Å². The van der Waals surface area contributed by atoms with E-state index in [1.54, 1.807) is 0 Å². The molecule has 2 unspecified atom stereocenters. The van der Waals surface area contributed by atoms with Crippen LogP contribution in [0.15, 0.2) is 23.3 Å². The van der Waals surface area contributed by atoms with Crippen LogP contribution >= 0.6 is 17.2 Å². The van der Waals surface area contributed by atoms with E-state index < -0.39 is 12.1 Å². The Morgan fingerprint density at radius 3 is 2.27 bits per heavy atom. The highest BCUT2D eigenvalue weighted by Gasteiger charge is 2.11. The van der Waals surface area contributed by atoms with Gasteiger partial charge in [-0.3, -0.25) is 0 Å². The molecule has 0 heterocycles. The summed E-state index contributed by atoms with van der Waals surface area (Å²) in [6.07, 6.45) is 6.20. The highest BCUT2D eigenvalue weighted by atomic mass is 31.1. The second-order valence-electron chi connectivity index (χ2n) is 3.24. The first-order valence-electron chi connectivity index (χ1n) is 4.66. The molecule has 0 aromatic rings. The zero-order valence-corrected chi connectivity index (χ0v) is 10.2. The standard InChI is InChI=1S/C9H16O4P2/c10-8(11)14-4-6-2-1-3-7(6)5-15-9(12)13/h1-2,8-15H,3-5H2. The van der Waals surface area contributed by atoms with E-state index in [1.807, 2.05) is 12.2 Å². The Balaban J connectivity index is 2.42. The molecule has 6 heteroatoms. The van der Waals surface area contributed by atoms with E-state index in [9.17, 15) is 0 Å². The Bertz CT molecular complexity index is 261. The highest BCUT2D eigenvalue weighted by Crippen LogP contribution is 2.31. The smallest absolute Gasteiger partial charge is 0.167 e. The zero-order chi connectivity index (χ0) is 11.3. The van der Waals surface area contributed by atoms with Gasteiger partial charge in [-0.15, -0.1) is 0 Å². The molecule has 0 aliphatic heterocycles. The lowest BCUT2D eigenvalue weighted by Gasteiger charge is -2.09. The molecular weight excluding hydrogens is 234 g/mol. The Morgan fingerprint density at radius 1 is 1.07 bits per heavy atom. The topological polar surface area (TPSA) is 80.9 Å². The third kappa shape index (κ3) is 5.17. The monoisotopic (exact) mass is 250 g/mol. The first-order valence-corrected chi connectivity index (χ1v) is 7.23. The molecule has 0 fully saturated rings. The van der Waals surface area contributed by atoms with Crippen LogP contribution in [-0.4, -0.2) is 44.8 Å². The van der Waals surface area contributed by atoms with Crippen molar-refractivity contribution in [2.75, 3.05) is 12.3 Å². The number of hydrogen-bond donors (Lipinski definition) is 4. The van der Waals surface area contributed by atoms with Crippen molar-refractivity contribution in [3.8, 4) is 0 Å². The SMILES string of the molecule is OC(O)PCC1=C(CPC(O)O)CC=C1.